The first kappa shape index (κ1) is 15.8. The Kier molecular flexibility index (Phi) is 6.30. The number of nitrogens with one attached hydrogen (secondary N) is 1. The van der Waals surface area contributed by atoms with Crippen LogP contribution in [0.4, 0.5) is 0 Å². The van der Waals surface area contributed by atoms with Crippen LogP contribution in [-0.4, -0.2) is 61.5 Å². The number of amides is 1. The molecule has 1 N–H and O–H groups in total. The third-order valence-electron chi connectivity index (χ3n) is 4.74. The van der Waals surface area contributed by atoms with Crippen molar-refractivity contribution in [2.45, 2.75) is 39.5 Å². The van der Waals surface area contributed by atoms with E-state index in [2.05, 4.69) is 29.0 Å². The summed E-state index contributed by atoms with van der Waals surface area (Å²) in [7, 11) is 0. The average molecular weight is 281 g/mol. The molecule has 0 radical (unpaired) electrons. The molecular weight excluding hydrogens is 250 g/mol. The highest BCUT2D eigenvalue weighted by molar-refractivity contribution is 5.78. The SMILES string of the molecule is CCCCN(CCCC)C(=O)CN1C[C@H]2CNC[C@H]2C1. The van der Waals surface area contributed by atoms with Gasteiger partial charge in [-0.1, -0.05) is 26.7 Å². The van der Waals surface area contributed by atoms with E-state index in [1.165, 1.54) is 0 Å². The van der Waals surface area contributed by atoms with Gasteiger partial charge in [-0.25, -0.2) is 0 Å². The Morgan fingerprint density at radius 1 is 1.10 bits per heavy atom. The van der Waals surface area contributed by atoms with Gasteiger partial charge in [0.1, 0.15) is 0 Å². The standard InChI is InChI=1S/C16H31N3O/c1-3-5-7-19(8-6-4-2)16(20)13-18-11-14-9-17-10-15(14)12-18/h14-15,17H,3-13H2,1-2H3/t14-,15+. The van der Waals surface area contributed by atoms with Gasteiger partial charge in [0.15, 0.2) is 0 Å². The summed E-state index contributed by atoms with van der Waals surface area (Å²) in [4.78, 5) is 17.0. The minimum Gasteiger partial charge on any atom is -0.342 e. The van der Waals surface area contributed by atoms with Crippen molar-refractivity contribution in [1.29, 1.82) is 0 Å². The van der Waals surface area contributed by atoms with Crippen molar-refractivity contribution in [3.63, 3.8) is 0 Å². The summed E-state index contributed by atoms with van der Waals surface area (Å²) in [6.07, 6.45) is 4.58. The number of carbonyl (C=O) groups excluding carboxylic acids is 1. The van der Waals surface area contributed by atoms with Crippen LogP contribution < -0.4 is 5.32 Å². The van der Waals surface area contributed by atoms with Gasteiger partial charge in [0, 0.05) is 26.2 Å². The molecular formula is C16H31N3O. The molecule has 1 amide bonds. The largest absolute Gasteiger partial charge is 0.342 e. The van der Waals surface area contributed by atoms with E-state index < -0.39 is 0 Å². The quantitative estimate of drug-likeness (QED) is 0.733. The third kappa shape index (κ3) is 4.19. The van der Waals surface area contributed by atoms with Crippen molar-refractivity contribution >= 4 is 5.91 Å². The highest BCUT2D eigenvalue weighted by atomic mass is 16.2. The lowest BCUT2D eigenvalue weighted by Gasteiger charge is -2.25. The Balaban J connectivity index is 1.78. The second kappa shape index (κ2) is 7.99. The zero-order chi connectivity index (χ0) is 14.4. The average Bonchev–Trinajstić information content (AvgIpc) is 2.99. The zero-order valence-corrected chi connectivity index (χ0v) is 13.2. The van der Waals surface area contributed by atoms with Crippen LogP contribution in [0, 0.1) is 11.8 Å². The van der Waals surface area contributed by atoms with Crippen molar-refractivity contribution in [2.75, 3.05) is 45.8 Å². The summed E-state index contributed by atoms with van der Waals surface area (Å²) in [5, 5.41) is 3.45. The molecule has 2 atom stereocenters. The molecule has 0 unspecified atom stereocenters. The second-order valence-electron chi connectivity index (χ2n) is 6.46. The molecule has 0 aromatic heterocycles. The lowest BCUT2D eigenvalue weighted by Crippen LogP contribution is -2.41. The van der Waals surface area contributed by atoms with Gasteiger partial charge >= 0.3 is 0 Å². The lowest BCUT2D eigenvalue weighted by molar-refractivity contribution is -0.132. The molecule has 4 nitrogen and oxygen atoms in total. The van der Waals surface area contributed by atoms with Crippen molar-refractivity contribution < 1.29 is 4.79 Å². The van der Waals surface area contributed by atoms with Crippen molar-refractivity contribution in [3.8, 4) is 0 Å². The van der Waals surface area contributed by atoms with Crippen LogP contribution in [0.5, 0.6) is 0 Å². The summed E-state index contributed by atoms with van der Waals surface area (Å²) in [6, 6.07) is 0. The van der Waals surface area contributed by atoms with E-state index in [0.29, 0.717) is 12.5 Å². The number of hydrogen-bond acceptors (Lipinski definition) is 3. The summed E-state index contributed by atoms with van der Waals surface area (Å²) in [5.74, 6) is 1.91. The van der Waals surface area contributed by atoms with Gasteiger partial charge in [0.2, 0.25) is 5.91 Å². The van der Waals surface area contributed by atoms with Crippen molar-refractivity contribution in [3.05, 3.63) is 0 Å². The van der Waals surface area contributed by atoms with E-state index in [9.17, 15) is 4.79 Å². The maximum absolute atomic E-state index is 12.5. The van der Waals surface area contributed by atoms with Crippen molar-refractivity contribution in [2.24, 2.45) is 11.8 Å². The first-order valence-corrected chi connectivity index (χ1v) is 8.45. The van der Waals surface area contributed by atoms with Crippen LogP contribution in [0.15, 0.2) is 0 Å². The smallest absolute Gasteiger partial charge is 0.236 e. The number of carbonyl (C=O) groups is 1. The molecule has 4 heteroatoms. The molecule has 0 bridgehead atoms. The zero-order valence-electron chi connectivity index (χ0n) is 13.2. The van der Waals surface area contributed by atoms with Crippen LogP contribution in [0.3, 0.4) is 0 Å². The number of unbranched alkanes of at least 4 members (excludes halogenated alkanes) is 2. The Labute approximate surface area is 123 Å². The highest BCUT2D eigenvalue weighted by Crippen LogP contribution is 2.25. The minimum absolute atomic E-state index is 0.347. The molecule has 2 rings (SSSR count). The van der Waals surface area contributed by atoms with Gasteiger partial charge in [-0.05, 0) is 37.8 Å². The van der Waals surface area contributed by atoms with E-state index in [4.69, 9.17) is 0 Å². The van der Waals surface area contributed by atoms with Crippen LogP contribution in [0.2, 0.25) is 0 Å². The van der Waals surface area contributed by atoms with E-state index in [0.717, 1.165) is 76.8 Å². The third-order valence-corrected chi connectivity index (χ3v) is 4.74. The highest BCUT2D eigenvalue weighted by Gasteiger charge is 2.36. The van der Waals surface area contributed by atoms with Crippen LogP contribution in [0.1, 0.15) is 39.5 Å². The normalized spacial score (nSPS) is 25.9. The van der Waals surface area contributed by atoms with E-state index in [-0.39, 0.29) is 0 Å². The summed E-state index contributed by atoms with van der Waals surface area (Å²) < 4.78 is 0. The van der Waals surface area contributed by atoms with Gasteiger partial charge in [-0.3, -0.25) is 9.69 Å². The Hall–Kier alpha value is -0.610. The van der Waals surface area contributed by atoms with E-state index in [1.54, 1.807) is 0 Å². The number of likely N-dealkylation sites (tertiary alicyclic amines) is 1. The second-order valence-corrected chi connectivity index (χ2v) is 6.46. The Morgan fingerprint density at radius 3 is 2.15 bits per heavy atom. The van der Waals surface area contributed by atoms with E-state index >= 15 is 0 Å². The molecule has 2 fully saturated rings. The summed E-state index contributed by atoms with van der Waals surface area (Å²) in [6.45, 7) is 11.4. The number of hydrogen-bond donors (Lipinski definition) is 1. The molecule has 0 saturated carbocycles. The summed E-state index contributed by atoms with van der Waals surface area (Å²) in [5.41, 5.74) is 0. The van der Waals surface area contributed by atoms with Crippen LogP contribution >= 0.6 is 0 Å². The first-order valence-electron chi connectivity index (χ1n) is 8.45. The molecule has 2 heterocycles. The fraction of sp³-hybridized carbons (Fsp3) is 0.938. The van der Waals surface area contributed by atoms with Gasteiger partial charge < -0.3 is 10.2 Å². The monoisotopic (exact) mass is 281 g/mol. The fourth-order valence-electron chi connectivity index (χ4n) is 3.43. The first-order chi connectivity index (χ1) is 9.74. The summed E-state index contributed by atoms with van der Waals surface area (Å²) >= 11 is 0. The van der Waals surface area contributed by atoms with E-state index in [1.807, 2.05) is 0 Å². The number of nitrogens with zero attached hydrogens (tertiary/aromatic N) is 2. The molecule has 20 heavy (non-hydrogen) atoms. The lowest BCUT2D eigenvalue weighted by atomic mass is 10.0. The molecule has 0 aromatic carbocycles. The Morgan fingerprint density at radius 2 is 1.65 bits per heavy atom. The molecule has 116 valence electrons. The van der Waals surface area contributed by atoms with Crippen molar-refractivity contribution in [1.82, 2.24) is 15.1 Å². The van der Waals surface area contributed by atoms with Crippen LogP contribution in [0.25, 0.3) is 0 Å². The minimum atomic E-state index is 0.347. The molecule has 2 saturated heterocycles. The molecule has 0 spiro atoms. The maximum Gasteiger partial charge on any atom is 0.236 e. The Bertz CT molecular complexity index is 288. The number of rotatable bonds is 8. The molecule has 2 aliphatic heterocycles. The van der Waals surface area contributed by atoms with Gasteiger partial charge in [0.05, 0.1) is 6.54 Å². The topological polar surface area (TPSA) is 35.6 Å². The van der Waals surface area contributed by atoms with Gasteiger partial charge in [-0.15, -0.1) is 0 Å². The molecule has 0 aromatic rings. The van der Waals surface area contributed by atoms with Gasteiger partial charge in [-0.2, -0.15) is 0 Å². The predicted octanol–water partition coefficient (Wildman–Crippen LogP) is 1.57. The maximum atomic E-state index is 12.5. The van der Waals surface area contributed by atoms with Gasteiger partial charge in [0.25, 0.3) is 0 Å². The predicted molar refractivity (Wildman–Crippen MR) is 82.7 cm³/mol. The number of fused-ring (bicyclic) bond motifs is 1. The molecule has 2 aliphatic rings. The van der Waals surface area contributed by atoms with Crippen LogP contribution in [-0.2, 0) is 4.79 Å². The molecule has 0 aliphatic carbocycles. The fourth-order valence-corrected chi connectivity index (χ4v) is 3.43.